The molecule has 0 saturated heterocycles. The number of carbonyl (C=O) groups excluding carboxylic acids is 1. The van der Waals surface area contributed by atoms with Gasteiger partial charge in [-0.1, -0.05) is 6.92 Å². The van der Waals surface area contributed by atoms with Gasteiger partial charge in [0.25, 0.3) is 5.91 Å². The Labute approximate surface area is 145 Å². The number of nitrogens with zero attached hydrogens (tertiary/aromatic N) is 1. The second kappa shape index (κ2) is 7.18. The molecule has 0 atom stereocenters. The molecule has 0 bridgehead atoms. The van der Waals surface area contributed by atoms with Crippen LogP contribution in [0.2, 0.25) is 0 Å². The number of amides is 1. The van der Waals surface area contributed by atoms with Gasteiger partial charge in [0.05, 0.1) is 29.8 Å². The summed E-state index contributed by atoms with van der Waals surface area (Å²) in [7, 11) is -1.99. The molecule has 24 heavy (non-hydrogen) atoms. The van der Waals surface area contributed by atoms with E-state index in [1.54, 1.807) is 19.1 Å². The van der Waals surface area contributed by atoms with E-state index in [2.05, 4.69) is 15.0 Å². The average Bonchev–Trinajstić information content (AvgIpc) is 2.88. The molecule has 7 nitrogen and oxygen atoms in total. The van der Waals surface area contributed by atoms with Crippen LogP contribution in [0.4, 0.5) is 11.4 Å². The van der Waals surface area contributed by atoms with Crippen molar-refractivity contribution < 1.29 is 17.9 Å². The minimum Gasteiger partial charge on any atom is -0.494 e. The molecule has 1 heterocycles. The molecule has 0 aliphatic rings. The van der Waals surface area contributed by atoms with Gasteiger partial charge >= 0.3 is 0 Å². The molecule has 2 aromatic rings. The Morgan fingerprint density at radius 1 is 1.38 bits per heavy atom. The van der Waals surface area contributed by atoms with Gasteiger partial charge in [-0.15, -0.1) is 11.3 Å². The smallest absolute Gasteiger partial charge is 0.267 e. The van der Waals surface area contributed by atoms with Gasteiger partial charge in [0, 0.05) is 11.8 Å². The van der Waals surface area contributed by atoms with Crippen LogP contribution in [0.3, 0.4) is 0 Å². The zero-order valence-electron chi connectivity index (χ0n) is 13.8. The number of sulfonamides is 1. The van der Waals surface area contributed by atoms with Crippen molar-refractivity contribution in [2.75, 3.05) is 23.4 Å². The highest BCUT2D eigenvalue weighted by molar-refractivity contribution is 7.92. The van der Waals surface area contributed by atoms with Crippen LogP contribution in [0.15, 0.2) is 18.2 Å². The minimum absolute atomic E-state index is 0.254. The molecule has 0 spiro atoms. The second-order valence-electron chi connectivity index (χ2n) is 5.12. The first-order valence-electron chi connectivity index (χ1n) is 7.17. The van der Waals surface area contributed by atoms with Crippen LogP contribution in [0.5, 0.6) is 5.75 Å². The summed E-state index contributed by atoms with van der Waals surface area (Å²) in [6.45, 7) is 3.78. The molecule has 0 fully saturated rings. The lowest BCUT2D eigenvalue weighted by Crippen LogP contribution is -2.13. The molecule has 2 N–H and O–H groups in total. The Bertz CT molecular complexity index is 860. The third-order valence-corrected chi connectivity index (χ3v) is 5.00. The Kier molecular flexibility index (Phi) is 5.45. The first kappa shape index (κ1) is 18.2. The molecule has 1 aromatic carbocycles. The van der Waals surface area contributed by atoms with Crippen molar-refractivity contribution in [1.29, 1.82) is 0 Å². The van der Waals surface area contributed by atoms with Gasteiger partial charge in [-0.25, -0.2) is 13.4 Å². The van der Waals surface area contributed by atoms with E-state index in [0.717, 1.165) is 17.7 Å². The van der Waals surface area contributed by atoms with Crippen LogP contribution in [-0.2, 0) is 16.4 Å². The van der Waals surface area contributed by atoms with Gasteiger partial charge in [0.2, 0.25) is 10.0 Å². The van der Waals surface area contributed by atoms with Gasteiger partial charge in [-0.3, -0.25) is 9.52 Å². The first-order chi connectivity index (χ1) is 11.2. The predicted molar refractivity (Wildman–Crippen MR) is 95.6 cm³/mol. The third-order valence-electron chi connectivity index (χ3n) is 3.10. The third kappa shape index (κ3) is 4.45. The maximum Gasteiger partial charge on any atom is 0.267 e. The van der Waals surface area contributed by atoms with E-state index < -0.39 is 10.0 Å². The van der Waals surface area contributed by atoms with Crippen molar-refractivity contribution in [2.45, 2.75) is 20.3 Å². The molecule has 0 aliphatic heterocycles. The number of methoxy groups -OCH3 is 1. The van der Waals surface area contributed by atoms with Crippen LogP contribution in [0.25, 0.3) is 0 Å². The summed E-state index contributed by atoms with van der Waals surface area (Å²) in [5.41, 5.74) is 1.50. The SMILES string of the molecule is CCc1nc(C)c(C(=O)Nc2ccc(NS(C)(=O)=O)c(OC)c2)s1. The fourth-order valence-corrected chi connectivity index (χ4v) is 3.52. The number of ether oxygens (including phenoxy) is 1. The van der Waals surface area contributed by atoms with Crippen molar-refractivity contribution in [3.05, 3.63) is 33.8 Å². The fraction of sp³-hybridized carbons (Fsp3) is 0.333. The van der Waals surface area contributed by atoms with Crippen molar-refractivity contribution in [2.24, 2.45) is 0 Å². The lowest BCUT2D eigenvalue weighted by Gasteiger charge is -2.12. The number of rotatable bonds is 6. The summed E-state index contributed by atoms with van der Waals surface area (Å²) in [6, 6.07) is 4.69. The minimum atomic E-state index is -3.42. The Morgan fingerprint density at radius 2 is 2.08 bits per heavy atom. The number of hydrogen-bond donors (Lipinski definition) is 2. The van der Waals surface area contributed by atoms with E-state index in [0.29, 0.717) is 27.7 Å². The van der Waals surface area contributed by atoms with E-state index >= 15 is 0 Å². The van der Waals surface area contributed by atoms with Crippen LogP contribution in [0, 0.1) is 6.92 Å². The number of benzene rings is 1. The highest BCUT2D eigenvalue weighted by Gasteiger charge is 2.16. The lowest BCUT2D eigenvalue weighted by molar-refractivity contribution is 0.103. The van der Waals surface area contributed by atoms with E-state index in [1.807, 2.05) is 6.92 Å². The van der Waals surface area contributed by atoms with E-state index in [4.69, 9.17) is 4.74 Å². The van der Waals surface area contributed by atoms with Gasteiger partial charge in [0.15, 0.2) is 0 Å². The maximum absolute atomic E-state index is 12.4. The van der Waals surface area contributed by atoms with E-state index in [-0.39, 0.29) is 5.91 Å². The number of thiazole rings is 1. The Hall–Kier alpha value is -2.13. The normalized spacial score (nSPS) is 11.2. The topological polar surface area (TPSA) is 97.4 Å². The van der Waals surface area contributed by atoms with Crippen LogP contribution in [0.1, 0.15) is 27.3 Å². The van der Waals surface area contributed by atoms with Gasteiger partial charge in [0.1, 0.15) is 10.6 Å². The number of carbonyl (C=O) groups is 1. The zero-order chi connectivity index (χ0) is 17.9. The van der Waals surface area contributed by atoms with Gasteiger partial charge in [-0.2, -0.15) is 0 Å². The van der Waals surface area contributed by atoms with E-state index in [9.17, 15) is 13.2 Å². The van der Waals surface area contributed by atoms with Crippen molar-refractivity contribution in [3.63, 3.8) is 0 Å². The Balaban J connectivity index is 2.23. The fourth-order valence-electron chi connectivity index (χ4n) is 2.06. The molecule has 0 aliphatic carbocycles. The van der Waals surface area contributed by atoms with E-state index in [1.165, 1.54) is 24.5 Å². The summed E-state index contributed by atoms with van der Waals surface area (Å²) in [6.07, 6.45) is 1.83. The number of anilines is 2. The van der Waals surface area contributed by atoms with Crippen molar-refractivity contribution >= 4 is 38.6 Å². The number of aromatic nitrogens is 1. The summed E-state index contributed by atoms with van der Waals surface area (Å²) >= 11 is 1.36. The summed E-state index contributed by atoms with van der Waals surface area (Å²) in [4.78, 5) is 17.3. The lowest BCUT2D eigenvalue weighted by atomic mass is 10.2. The monoisotopic (exact) mass is 369 g/mol. The van der Waals surface area contributed by atoms with Crippen LogP contribution in [-0.4, -0.2) is 32.7 Å². The van der Waals surface area contributed by atoms with Crippen LogP contribution < -0.4 is 14.8 Å². The number of nitrogens with one attached hydrogen (secondary N) is 2. The standard InChI is InChI=1S/C15H19N3O4S2/c1-5-13-16-9(2)14(23-13)15(19)17-10-6-7-11(12(8-10)22-3)18-24(4,20)21/h6-8,18H,5H2,1-4H3,(H,17,19). The molecule has 9 heteroatoms. The second-order valence-corrected chi connectivity index (χ2v) is 7.95. The zero-order valence-corrected chi connectivity index (χ0v) is 15.5. The van der Waals surface area contributed by atoms with Crippen molar-refractivity contribution in [1.82, 2.24) is 4.98 Å². The summed E-state index contributed by atoms with van der Waals surface area (Å²) in [5, 5.41) is 3.68. The average molecular weight is 369 g/mol. The summed E-state index contributed by atoms with van der Waals surface area (Å²) < 4.78 is 30.2. The largest absolute Gasteiger partial charge is 0.494 e. The summed E-state index contributed by atoms with van der Waals surface area (Å²) in [5.74, 6) is 0.0593. The van der Waals surface area contributed by atoms with Gasteiger partial charge in [-0.05, 0) is 25.5 Å². The maximum atomic E-state index is 12.4. The molecular weight excluding hydrogens is 350 g/mol. The highest BCUT2D eigenvalue weighted by Crippen LogP contribution is 2.29. The molecule has 130 valence electrons. The molecule has 0 radical (unpaired) electrons. The van der Waals surface area contributed by atoms with Gasteiger partial charge < -0.3 is 10.1 Å². The number of hydrogen-bond acceptors (Lipinski definition) is 6. The molecule has 0 saturated carbocycles. The highest BCUT2D eigenvalue weighted by atomic mass is 32.2. The van der Waals surface area contributed by atoms with Crippen LogP contribution >= 0.6 is 11.3 Å². The number of aryl methyl sites for hydroxylation is 2. The molecule has 1 amide bonds. The predicted octanol–water partition coefficient (Wildman–Crippen LogP) is 2.65. The molecule has 1 aromatic heterocycles. The molecular formula is C15H19N3O4S2. The Morgan fingerprint density at radius 3 is 2.62 bits per heavy atom. The molecule has 0 unspecified atom stereocenters. The first-order valence-corrected chi connectivity index (χ1v) is 9.87. The van der Waals surface area contributed by atoms with Crippen molar-refractivity contribution in [3.8, 4) is 5.75 Å². The molecule has 2 rings (SSSR count). The quantitative estimate of drug-likeness (QED) is 0.816.